The average Bonchev–Trinajstić information content (AvgIpc) is 3.47. The molecule has 0 N–H and O–H groups in total. The number of piperazine rings is 1. The monoisotopic (exact) mass is 457 g/mol. The Labute approximate surface area is 199 Å². The number of aryl methyl sites for hydroxylation is 1. The highest BCUT2D eigenvalue weighted by molar-refractivity contribution is 7.13. The molecule has 0 spiro atoms. The lowest BCUT2D eigenvalue weighted by molar-refractivity contribution is 0.296. The molecule has 0 amide bonds. The second kappa shape index (κ2) is 8.82. The SMILES string of the molecule is CCc1nn(C2CCC2)c2cc(N3CCN(c4nccs4)[C@@H](Cc4ccccc4)C3)ccc12. The minimum atomic E-state index is 0.394. The standard InChI is InChI=1S/C27H31N5S/c1-2-25-24-12-11-22(18-26(24)32(29-25)21-9-6-10-21)30-14-15-31(27-28-13-16-33-27)23(19-30)17-20-7-4-3-5-8-20/h3-5,7-8,11-13,16,18,21,23H,2,6,9-10,14-15,17,19H2,1H3/t23-/m0/s1. The van der Waals surface area contributed by atoms with Crippen LogP contribution in [0.1, 0.15) is 43.5 Å². The first-order chi connectivity index (χ1) is 16.3. The van der Waals surface area contributed by atoms with Gasteiger partial charge in [0.2, 0.25) is 0 Å². The van der Waals surface area contributed by atoms with E-state index in [-0.39, 0.29) is 0 Å². The summed E-state index contributed by atoms with van der Waals surface area (Å²) in [6.45, 7) is 5.21. The highest BCUT2D eigenvalue weighted by Crippen LogP contribution is 2.36. The smallest absolute Gasteiger partial charge is 0.185 e. The van der Waals surface area contributed by atoms with Crippen LogP contribution in [-0.4, -0.2) is 40.4 Å². The highest BCUT2D eigenvalue weighted by atomic mass is 32.1. The summed E-state index contributed by atoms with van der Waals surface area (Å²) < 4.78 is 2.33. The number of benzene rings is 2. The first-order valence-electron chi connectivity index (χ1n) is 12.3. The third kappa shape index (κ3) is 3.90. The van der Waals surface area contributed by atoms with Crippen molar-refractivity contribution >= 4 is 33.1 Å². The molecule has 0 bridgehead atoms. The maximum Gasteiger partial charge on any atom is 0.185 e. The number of hydrogen-bond donors (Lipinski definition) is 0. The van der Waals surface area contributed by atoms with Gasteiger partial charge in [-0.05, 0) is 55.9 Å². The van der Waals surface area contributed by atoms with Crippen molar-refractivity contribution in [1.29, 1.82) is 0 Å². The summed E-state index contributed by atoms with van der Waals surface area (Å²) in [6, 6.07) is 18.9. The molecule has 0 radical (unpaired) electrons. The molecule has 3 heterocycles. The summed E-state index contributed by atoms with van der Waals surface area (Å²) in [6.07, 6.45) is 7.78. The van der Waals surface area contributed by atoms with Crippen LogP contribution >= 0.6 is 11.3 Å². The summed E-state index contributed by atoms with van der Waals surface area (Å²) in [7, 11) is 0. The quantitative estimate of drug-likeness (QED) is 0.371. The maximum absolute atomic E-state index is 5.02. The Bertz CT molecular complexity index is 1210. The van der Waals surface area contributed by atoms with Crippen LogP contribution in [0.5, 0.6) is 0 Å². The summed E-state index contributed by atoms with van der Waals surface area (Å²) >= 11 is 1.75. The van der Waals surface area contributed by atoms with Gasteiger partial charge in [0.15, 0.2) is 5.13 Å². The number of hydrogen-bond acceptors (Lipinski definition) is 5. The van der Waals surface area contributed by atoms with Crippen molar-refractivity contribution < 1.29 is 0 Å². The predicted molar refractivity (Wildman–Crippen MR) is 138 cm³/mol. The van der Waals surface area contributed by atoms with Gasteiger partial charge in [-0.1, -0.05) is 37.3 Å². The lowest BCUT2D eigenvalue weighted by Crippen LogP contribution is -2.54. The Balaban J connectivity index is 1.31. The van der Waals surface area contributed by atoms with Gasteiger partial charge in [-0.25, -0.2) is 4.98 Å². The van der Waals surface area contributed by atoms with Gasteiger partial charge in [-0.3, -0.25) is 4.68 Å². The van der Waals surface area contributed by atoms with Gasteiger partial charge in [0.25, 0.3) is 0 Å². The van der Waals surface area contributed by atoms with E-state index < -0.39 is 0 Å². The molecule has 6 rings (SSSR count). The Morgan fingerprint density at radius 1 is 1.06 bits per heavy atom. The molecule has 1 saturated carbocycles. The fourth-order valence-corrected chi connectivity index (χ4v) is 6.06. The van der Waals surface area contributed by atoms with E-state index in [1.807, 2.05) is 6.20 Å². The molecule has 170 valence electrons. The Hall–Kier alpha value is -2.86. The second-order valence-electron chi connectivity index (χ2n) is 9.33. The van der Waals surface area contributed by atoms with Crippen LogP contribution in [0.25, 0.3) is 10.9 Å². The molecule has 2 fully saturated rings. The van der Waals surface area contributed by atoms with Crippen LogP contribution in [-0.2, 0) is 12.8 Å². The van der Waals surface area contributed by atoms with E-state index in [1.54, 1.807) is 11.3 Å². The molecule has 1 saturated heterocycles. The van der Waals surface area contributed by atoms with Crippen molar-refractivity contribution in [3.63, 3.8) is 0 Å². The molecule has 1 aliphatic carbocycles. The van der Waals surface area contributed by atoms with Crippen molar-refractivity contribution in [2.24, 2.45) is 0 Å². The van der Waals surface area contributed by atoms with E-state index in [9.17, 15) is 0 Å². The molecule has 1 atom stereocenters. The molecule has 5 nitrogen and oxygen atoms in total. The Morgan fingerprint density at radius 3 is 2.67 bits per heavy atom. The van der Waals surface area contributed by atoms with Gasteiger partial charge < -0.3 is 9.80 Å². The third-order valence-electron chi connectivity index (χ3n) is 7.35. The minimum absolute atomic E-state index is 0.394. The van der Waals surface area contributed by atoms with Crippen molar-refractivity contribution in [2.75, 3.05) is 29.4 Å². The summed E-state index contributed by atoms with van der Waals surface area (Å²) in [5.74, 6) is 0. The highest BCUT2D eigenvalue weighted by Gasteiger charge is 2.30. The summed E-state index contributed by atoms with van der Waals surface area (Å²) in [5.41, 5.74) is 5.26. The Kier molecular flexibility index (Phi) is 5.54. The second-order valence-corrected chi connectivity index (χ2v) is 10.2. The fourth-order valence-electron chi connectivity index (χ4n) is 5.32. The molecule has 2 aliphatic rings. The maximum atomic E-state index is 5.02. The first-order valence-corrected chi connectivity index (χ1v) is 13.1. The summed E-state index contributed by atoms with van der Waals surface area (Å²) in [4.78, 5) is 9.73. The van der Waals surface area contributed by atoms with Gasteiger partial charge in [0.1, 0.15) is 0 Å². The molecule has 0 unspecified atom stereocenters. The van der Waals surface area contributed by atoms with Crippen LogP contribution < -0.4 is 9.80 Å². The Morgan fingerprint density at radius 2 is 1.94 bits per heavy atom. The number of nitrogens with zero attached hydrogens (tertiary/aromatic N) is 5. The minimum Gasteiger partial charge on any atom is -0.368 e. The van der Waals surface area contributed by atoms with Crippen molar-refractivity contribution in [3.8, 4) is 0 Å². The van der Waals surface area contributed by atoms with E-state index in [2.05, 4.69) is 80.3 Å². The van der Waals surface area contributed by atoms with Crippen LogP contribution in [0.15, 0.2) is 60.1 Å². The lowest BCUT2D eigenvalue weighted by Gasteiger charge is -2.42. The van der Waals surface area contributed by atoms with Crippen LogP contribution in [0.3, 0.4) is 0 Å². The zero-order valence-corrected chi connectivity index (χ0v) is 20.0. The average molecular weight is 458 g/mol. The van der Waals surface area contributed by atoms with Gasteiger partial charge in [-0.2, -0.15) is 5.10 Å². The molecule has 33 heavy (non-hydrogen) atoms. The van der Waals surface area contributed by atoms with E-state index in [0.29, 0.717) is 12.1 Å². The van der Waals surface area contributed by atoms with Gasteiger partial charge in [0.05, 0.1) is 23.3 Å². The van der Waals surface area contributed by atoms with Crippen molar-refractivity contribution in [1.82, 2.24) is 14.8 Å². The molecule has 1 aliphatic heterocycles. The van der Waals surface area contributed by atoms with E-state index in [4.69, 9.17) is 5.10 Å². The third-order valence-corrected chi connectivity index (χ3v) is 8.16. The summed E-state index contributed by atoms with van der Waals surface area (Å²) in [5, 5.41) is 9.57. The van der Waals surface area contributed by atoms with E-state index in [0.717, 1.165) is 37.6 Å². The number of fused-ring (bicyclic) bond motifs is 1. The molecule has 4 aromatic rings. The lowest BCUT2D eigenvalue weighted by atomic mass is 9.93. The van der Waals surface area contributed by atoms with Gasteiger partial charge in [0, 0.05) is 42.3 Å². The molecule has 2 aromatic heterocycles. The topological polar surface area (TPSA) is 37.2 Å². The van der Waals surface area contributed by atoms with E-state index >= 15 is 0 Å². The molecular weight excluding hydrogens is 426 g/mol. The normalized spacial score (nSPS) is 19.2. The molecule has 6 heteroatoms. The van der Waals surface area contributed by atoms with Gasteiger partial charge in [-0.15, -0.1) is 11.3 Å². The fraction of sp³-hybridized carbons (Fsp3) is 0.407. The van der Waals surface area contributed by atoms with E-state index in [1.165, 1.54) is 47.1 Å². The van der Waals surface area contributed by atoms with Gasteiger partial charge >= 0.3 is 0 Å². The van der Waals surface area contributed by atoms with Crippen LogP contribution in [0, 0.1) is 0 Å². The predicted octanol–water partition coefficient (Wildman–Crippen LogP) is 5.72. The molecule has 2 aromatic carbocycles. The number of aromatic nitrogens is 3. The van der Waals surface area contributed by atoms with Crippen molar-refractivity contribution in [3.05, 3.63) is 71.4 Å². The first kappa shape index (κ1) is 20.7. The molecular formula is C27H31N5S. The number of thiazole rings is 1. The van der Waals surface area contributed by atoms with Crippen molar-refractivity contribution in [2.45, 2.75) is 51.1 Å². The van der Waals surface area contributed by atoms with Crippen LogP contribution in [0.4, 0.5) is 10.8 Å². The van der Waals surface area contributed by atoms with Crippen LogP contribution in [0.2, 0.25) is 0 Å². The number of anilines is 2. The largest absolute Gasteiger partial charge is 0.368 e. The number of rotatable bonds is 6. The zero-order chi connectivity index (χ0) is 22.2. The zero-order valence-electron chi connectivity index (χ0n) is 19.2.